The molecule has 0 aliphatic carbocycles. The lowest BCUT2D eigenvalue weighted by atomic mass is 10.1. The predicted octanol–water partition coefficient (Wildman–Crippen LogP) is 5.10. The van der Waals surface area contributed by atoms with Gasteiger partial charge < -0.3 is 25.3 Å². The minimum absolute atomic E-state index is 0.575. The smallest absolute Gasteiger partial charge is 0.232 e. The average Bonchev–Trinajstić information content (AvgIpc) is 3.26. The molecular weight excluding hydrogens is 490 g/mol. The van der Waals surface area contributed by atoms with Gasteiger partial charge in [0, 0.05) is 57.6 Å². The Kier molecular flexibility index (Phi) is 9.26. The highest BCUT2D eigenvalue weighted by atomic mass is 32.1. The van der Waals surface area contributed by atoms with E-state index < -0.39 is 0 Å². The fraction of sp³-hybridized carbons (Fsp3) is 0.433. The van der Waals surface area contributed by atoms with Gasteiger partial charge in [0.2, 0.25) is 5.95 Å². The molecule has 38 heavy (non-hydrogen) atoms. The summed E-state index contributed by atoms with van der Waals surface area (Å²) in [7, 11) is 0. The normalized spacial score (nSPS) is 16.2. The predicted molar refractivity (Wildman–Crippen MR) is 163 cm³/mol. The van der Waals surface area contributed by atoms with Crippen molar-refractivity contribution in [2.45, 2.75) is 38.5 Å². The van der Waals surface area contributed by atoms with E-state index in [4.69, 9.17) is 22.2 Å². The van der Waals surface area contributed by atoms with Crippen LogP contribution in [-0.2, 0) is 6.42 Å². The molecule has 2 aliphatic heterocycles. The van der Waals surface area contributed by atoms with Crippen LogP contribution < -0.4 is 25.3 Å². The van der Waals surface area contributed by atoms with Crippen LogP contribution in [0.3, 0.4) is 0 Å². The number of anilines is 4. The monoisotopic (exact) mass is 529 g/mol. The molecule has 0 spiro atoms. The number of aryl methyl sites for hydroxylation is 1. The van der Waals surface area contributed by atoms with Crippen molar-refractivity contribution in [2.24, 2.45) is 0 Å². The van der Waals surface area contributed by atoms with Crippen molar-refractivity contribution in [1.29, 1.82) is 0 Å². The van der Waals surface area contributed by atoms with Gasteiger partial charge >= 0.3 is 0 Å². The van der Waals surface area contributed by atoms with Crippen LogP contribution in [0.2, 0.25) is 0 Å². The van der Waals surface area contributed by atoms with Gasteiger partial charge in [-0.1, -0.05) is 61.4 Å². The Balaban J connectivity index is 1.24. The highest BCUT2D eigenvalue weighted by molar-refractivity contribution is 7.80. The van der Waals surface area contributed by atoms with E-state index in [1.165, 1.54) is 36.9 Å². The van der Waals surface area contributed by atoms with Crippen LogP contribution in [0, 0.1) is 0 Å². The van der Waals surface area contributed by atoms with Gasteiger partial charge in [0.15, 0.2) is 5.11 Å². The number of hydrogen-bond donors (Lipinski definition) is 2. The molecule has 2 aliphatic rings. The van der Waals surface area contributed by atoms with Crippen molar-refractivity contribution >= 4 is 40.6 Å². The lowest BCUT2D eigenvalue weighted by Gasteiger charge is -2.37. The number of hydrogen-bond acceptors (Lipinski definition) is 6. The SMILES string of the molecule is S=C(NCCCc1ccccc1)Nc1nc(N2CCCCCC2)cc(N2CCN(c3ccccc3)CC2)n1. The van der Waals surface area contributed by atoms with Crippen molar-refractivity contribution in [3.8, 4) is 0 Å². The maximum atomic E-state index is 5.62. The molecule has 0 radical (unpaired) electrons. The fourth-order valence-electron chi connectivity index (χ4n) is 5.22. The van der Waals surface area contributed by atoms with Gasteiger partial charge in [-0.25, -0.2) is 0 Å². The summed E-state index contributed by atoms with van der Waals surface area (Å²) in [6.45, 7) is 6.68. The van der Waals surface area contributed by atoms with Crippen molar-refractivity contribution in [3.63, 3.8) is 0 Å². The minimum atomic E-state index is 0.575. The van der Waals surface area contributed by atoms with E-state index in [2.05, 4.69) is 92.1 Å². The summed E-state index contributed by atoms with van der Waals surface area (Å²) in [5, 5.41) is 7.20. The highest BCUT2D eigenvalue weighted by Crippen LogP contribution is 2.25. The van der Waals surface area contributed by atoms with Gasteiger partial charge in [-0.3, -0.25) is 0 Å². The zero-order valence-corrected chi connectivity index (χ0v) is 23.0. The van der Waals surface area contributed by atoms with Crippen molar-refractivity contribution < 1.29 is 0 Å². The number of piperazine rings is 1. The Morgan fingerprint density at radius 2 is 1.29 bits per heavy atom. The zero-order valence-electron chi connectivity index (χ0n) is 22.2. The summed E-state index contributed by atoms with van der Waals surface area (Å²) >= 11 is 5.62. The molecule has 0 bridgehead atoms. The van der Waals surface area contributed by atoms with Gasteiger partial charge in [-0.15, -0.1) is 0 Å². The van der Waals surface area contributed by atoms with Crippen LogP contribution in [-0.4, -0.2) is 60.9 Å². The number of benzene rings is 2. The molecule has 8 heteroatoms. The summed E-state index contributed by atoms with van der Waals surface area (Å²) in [6, 6.07) is 23.4. The maximum absolute atomic E-state index is 5.62. The summed E-state index contributed by atoms with van der Waals surface area (Å²) in [5.41, 5.74) is 2.63. The Bertz CT molecular complexity index is 1140. The van der Waals surface area contributed by atoms with Crippen LogP contribution >= 0.6 is 12.2 Å². The lowest BCUT2D eigenvalue weighted by Crippen LogP contribution is -2.47. The third kappa shape index (κ3) is 7.34. The summed E-state index contributed by atoms with van der Waals surface area (Å²) in [4.78, 5) is 17.1. The maximum Gasteiger partial charge on any atom is 0.232 e. The molecular formula is C30H39N7S. The number of aromatic nitrogens is 2. The molecule has 2 saturated heterocycles. The van der Waals surface area contributed by atoms with E-state index in [1.54, 1.807) is 0 Å². The van der Waals surface area contributed by atoms with E-state index in [1.807, 2.05) is 0 Å². The third-order valence-electron chi connectivity index (χ3n) is 7.35. The second kappa shape index (κ2) is 13.4. The van der Waals surface area contributed by atoms with Crippen molar-refractivity contribution in [1.82, 2.24) is 15.3 Å². The quantitative estimate of drug-likeness (QED) is 0.309. The molecule has 200 valence electrons. The molecule has 2 aromatic carbocycles. The van der Waals surface area contributed by atoms with E-state index in [-0.39, 0.29) is 0 Å². The Hall–Kier alpha value is -3.39. The molecule has 5 rings (SSSR count). The second-order valence-corrected chi connectivity index (χ2v) is 10.5. The second-order valence-electron chi connectivity index (χ2n) is 10.1. The molecule has 3 aromatic rings. The molecule has 0 saturated carbocycles. The molecule has 3 heterocycles. The van der Waals surface area contributed by atoms with Crippen LogP contribution in [0.4, 0.5) is 23.3 Å². The first-order valence-electron chi connectivity index (χ1n) is 14.0. The Labute approximate surface area is 232 Å². The standard InChI is InChI=1S/C30H39N7S/c38-30(31-17-11-14-25-12-5-3-6-13-25)34-29-32-27(36-18-9-1-2-10-19-36)24-28(33-29)37-22-20-35(21-23-37)26-15-7-4-8-16-26/h3-8,12-13,15-16,24H,1-2,9-11,14,17-23H2,(H2,31,32,33,34,38). The Morgan fingerprint density at radius 3 is 1.95 bits per heavy atom. The first kappa shape index (κ1) is 26.2. The largest absolute Gasteiger partial charge is 0.368 e. The van der Waals surface area contributed by atoms with Crippen LogP contribution in [0.15, 0.2) is 66.7 Å². The molecule has 0 unspecified atom stereocenters. The molecule has 2 fully saturated rings. The number of para-hydroxylation sites is 1. The average molecular weight is 530 g/mol. The van der Waals surface area contributed by atoms with E-state index >= 15 is 0 Å². The summed E-state index contributed by atoms with van der Waals surface area (Å²) < 4.78 is 0. The highest BCUT2D eigenvalue weighted by Gasteiger charge is 2.21. The first-order chi connectivity index (χ1) is 18.7. The van der Waals surface area contributed by atoms with Gasteiger partial charge in [0.05, 0.1) is 0 Å². The van der Waals surface area contributed by atoms with Crippen LogP contribution in [0.1, 0.15) is 37.7 Å². The number of nitrogens with one attached hydrogen (secondary N) is 2. The summed E-state index contributed by atoms with van der Waals surface area (Å²) in [5.74, 6) is 2.55. The molecule has 2 N–H and O–H groups in total. The van der Waals surface area contributed by atoms with Crippen LogP contribution in [0.5, 0.6) is 0 Å². The Morgan fingerprint density at radius 1 is 0.711 bits per heavy atom. The van der Waals surface area contributed by atoms with E-state index in [0.717, 1.165) is 70.3 Å². The number of thiocarbonyl (C=S) groups is 1. The lowest BCUT2D eigenvalue weighted by molar-refractivity contribution is 0.646. The van der Waals surface area contributed by atoms with Gasteiger partial charge in [-0.2, -0.15) is 9.97 Å². The molecule has 1 aromatic heterocycles. The number of nitrogens with zero attached hydrogens (tertiary/aromatic N) is 5. The van der Waals surface area contributed by atoms with Gasteiger partial charge in [0.1, 0.15) is 11.6 Å². The third-order valence-corrected chi connectivity index (χ3v) is 7.60. The van der Waals surface area contributed by atoms with Crippen molar-refractivity contribution in [3.05, 3.63) is 72.3 Å². The number of rotatable bonds is 8. The van der Waals surface area contributed by atoms with E-state index in [9.17, 15) is 0 Å². The summed E-state index contributed by atoms with van der Waals surface area (Å²) in [6.07, 6.45) is 7.03. The molecule has 0 amide bonds. The van der Waals surface area contributed by atoms with Gasteiger partial charge in [-0.05, 0) is 55.6 Å². The topological polar surface area (TPSA) is 59.6 Å². The van der Waals surface area contributed by atoms with Crippen molar-refractivity contribution in [2.75, 3.05) is 65.8 Å². The fourth-order valence-corrected chi connectivity index (χ4v) is 5.41. The zero-order chi connectivity index (χ0) is 26.0. The molecule has 0 atom stereocenters. The van der Waals surface area contributed by atoms with Gasteiger partial charge in [0.25, 0.3) is 0 Å². The van der Waals surface area contributed by atoms with E-state index in [0.29, 0.717) is 11.1 Å². The van der Waals surface area contributed by atoms with Crippen LogP contribution in [0.25, 0.3) is 0 Å². The minimum Gasteiger partial charge on any atom is -0.368 e. The first-order valence-corrected chi connectivity index (χ1v) is 14.4. The molecule has 7 nitrogen and oxygen atoms in total.